The van der Waals surface area contributed by atoms with Crippen LogP contribution in [0.1, 0.15) is 12.8 Å². The second kappa shape index (κ2) is 5.04. The molecule has 0 spiro atoms. The summed E-state index contributed by atoms with van der Waals surface area (Å²) in [6.07, 6.45) is 3.26. The van der Waals surface area contributed by atoms with E-state index in [0.29, 0.717) is 6.54 Å². The van der Waals surface area contributed by atoms with Gasteiger partial charge in [-0.25, -0.2) is 9.97 Å². The molecule has 1 aliphatic rings. The molecule has 0 aliphatic carbocycles. The second-order valence-corrected chi connectivity index (χ2v) is 5.30. The fourth-order valence-corrected chi connectivity index (χ4v) is 2.90. The minimum atomic E-state index is -0.238. The highest BCUT2D eigenvalue weighted by atomic mass is 32.1. The van der Waals surface area contributed by atoms with Gasteiger partial charge in [-0.2, -0.15) is 11.3 Å². The summed E-state index contributed by atoms with van der Waals surface area (Å²) >= 11 is 1.66. The van der Waals surface area contributed by atoms with Crippen LogP contribution >= 0.6 is 11.3 Å². The summed E-state index contributed by atoms with van der Waals surface area (Å²) in [5.41, 5.74) is 2.07. The first kappa shape index (κ1) is 11.6. The first-order valence-corrected chi connectivity index (χ1v) is 7.05. The van der Waals surface area contributed by atoms with Crippen molar-refractivity contribution < 1.29 is 5.11 Å². The Morgan fingerprint density at radius 1 is 1.39 bits per heavy atom. The number of rotatable bonds is 2. The molecule has 0 bridgehead atoms. The van der Waals surface area contributed by atoms with Crippen molar-refractivity contribution in [3.8, 4) is 11.3 Å². The van der Waals surface area contributed by atoms with Crippen LogP contribution in [0.3, 0.4) is 0 Å². The summed E-state index contributed by atoms with van der Waals surface area (Å²) in [5, 5.41) is 13.8. The van der Waals surface area contributed by atoms with Crippen LogP contribution in [-0.4, -0.2) is 34.3 Å². The molecule has 18 heavy (non-hydrogen) atoms. The smallest absolute Gasteiger partial charge is 0.132 e. The van der Waals surface area contributed by atoms with Crippen molar-refractivity contribution in [2.24, 2.45) is 0 Å². The molecule has 0 radical (unpaired) electrons. The van der Waals surface area contributed by atoms with E-state index < -0.39 is 0 Å². The maximum Gasteiger partial charge on any atom is 0.132 e. The molecule has 3 heterocycles. The number of thiophene rings is 1. The fourth-order valence-electron chi connectivity index (χ4n) is 2.25. The molecule has 1 fully saturated rings. The van der Waals surface area contributed by atoms with Crippen LogP contribution in [0, 0.1) is 0 Å². The Hall–Kier alpha value is -1.46. The Kier molecular flexibility index (Phi) is 3.25. The molecule has 1 unspecified atom stereocenters. The van der Waals surface area contributed by atoms with Gasteiger partial charge in [-0.05, 0) is 24.3 Å². The van der Waals surface area contributed by atoms with E-state index in [1.807, 2.05) is 11.4 Å². The zero-order valence-electron chi connectivity index (χ0n) is 9.99. The van der Waals surface area contributed by atoms with Crippen molar-refractivity contribution in [3.05, 3.63) is 29.2 Å². The molecule has 4 nitrogen and oxygen atoms in total. The number of β-amino-alcohol motifs (C(OH)–C–C–N with tert-alkyl or cyclic N) is 1. The minimum absolute atomic E-state index is 0.238. The third-order valence-corrected chi connectivity index (χ3v) is 3.87. The van der Waals surface area contributed by atoms with Crippen LogP contribution < -0.4 is 4.90 Å². The molecule has 1 aliphatic heterocycles. The van der Waals surface area contributed by atoms with Crippen molar-refractivity contribution in [2.75, 3.05) is 18.0 Å². The molecule has 2 aromatic heterocycles. The van der Waals surface area contributed by atoms with Gasteiger partial charge in [0.05, 0.1) is 11.8 Å². The van der Waals surface area contributed by atoms with E-state index in [1.54, 1.807) is 17.7 Å². The number of aromatic nitrogens is 2. The zero-order valence-corrected chi connectivity index (χ0v) is 10.8. The third-order valence-electron chi connectivity index (χ3n) is 3.19. The van der Waals surface area contributed by atoms with Crippen molar-refractivity contribution in [1.82, 2.24) is 9.97 Å². The van der Waals surface area contributed by atoms with Crippen LogP contribution in [0.2, 0.25) is 0 Å². The number of aliphatic hydroxyl groups excluding tert-OH is 1. The third kappa shape index (κ3) is 2.37. The zero-order chi connectivity index (χ0) is 12.4. The Morgan fingerprint density at radius 2 is 2.33 bits per heavy atom. The Morgan fingerprint density at radius 3 is 3.11 bits per heavy atom. The maximum atomic E-state index is 9.71. The molecule has 94 valence electrons. The van der Waals surface area contributed by atoms with Crippen LogP contribution in [-0.2, 0) is 0 Å². The number of nitrogens with zero attached hydrogens (tertiary/aromatic N) is 3. The lowest BCUT2D eigenvalue weighted by Crippen LogP contribution is -2.38. The number of hydrogen-bond acceptors (Lipinski definition) is 5. The van der Waals surface area contributed by atoms with Gasteiger partial charge in [-0.15, -0.1) is 0 Å². The highest BCUT2D eigenvalue weighted by Crippen LogP contribution is 2.24. The summed E-state index contributed by atoms with van der Waals surface area (Å²) in [7, 11) is 0. The lowest BCUT2D eigenvalue weighted by molar-refractivity contribution is 0.154. The minimum Gasteiger partial charge on any atom is -0.391 e. The van der Waals surface area contributed by atoms with Crippen molar-refractivity contribution in [2.45, 2.75) is 18.9 Å². The SMILES string of the molecule is OC1CCCN(c2cc(-c3ccsc3)ncn2)C1. The average molecular weight is 261 g/mol. The number of piperidine rings is 1. The van der Waals surface area contributed by atoms with Gasteiger partial charge in [-0.1, -0.05) is 0 Å². The Bertz CT molecular complexity index is 515. The average Bonchev–Trinajstić information content (AvgIpc) is 2.93. The second-order valence-electron chi connectivity index (χ2n) is 4.52. The normalized spacial score (nSPS) is 20.1. The summed E-state index contributed by atoms with van der Waals surface area (Å²) < 4.78 is 0. The van der Waals surface area contributed by atoms with E-state index in [2.05, 4.69) is 26.3 Å². The summed E-state index contributed by atoms with van der Waals surface area (Å²) in [4.78, 5) is 10.7. The number of anilines is 1. The van der Waals surface area contributed by atoms with E-state index >= 15 is 0 Å². The van der Waals surface area contributed by atoms with Crippen LogP contribution in [0.15, 0.2) is 29.2 Å². The number of hydrogen-bond donors (Lipinski definition) is 1. The van der Waals surface area contributed by atoms with Gasteiger partial charge >= 0.3 is 0 Å². The topological polar surface area (TPSA) is 49.2 Å². The van der Waals surface area contributed by atoms with Gasteiger partial charge < -0.3 is 10.0 Å². The van der Waals surface area contributed by atoms with Gasteiger partial charge in [0.25, 0.3) is 0 Å². The highest BCUT2D eigenvalue weighted by molar-refractivity contribution is 7.08. The summed E-state index contributed by atoms with van der Waals surface area (Å²) in [5.74, 6) is 0.907. The van der Waals surface area contributed by atoms with E-state index in [-0.39, 0.29) is 6.10 Å². The van der Waals surface area contributed by atoms with Gasteiger partial charge in [0.2, 0.25) is 0 Å². The van der Waals surface area contributed by atoms with Gasteiger partial charge in [0.1, 0.15) is 12.1 Å². The molecule has 0 saturated carbocycles. The molecule has 5 heteroatoms. The lowest BCUT2D eigenvalue weighted by atomic mass is 10.1. The highest BCUT2D eigenvalue weighted by Gasteiger charge is 2.19. The molecule has 1 saturated heterocycles. The molecule has 1 N–H and O–H groups in total. The molecule has 3 rings (SSSR count). The monoisotopic (exact) mass is 261 g/mol. The van der Waals surface area contributed by atoms with E-state index in [1.165, 1.54) is 0 Å². The predicted octanol–water partition coefficient (Wildman–Crippen LogP) is 2.17. The molecular weight excluding hydrogens is 246 g/mol. The van der Waals surface area contributed by atoms with Gasteiger partial charge in [0.15, 0.2) is 0 Å². The van der Waals surface area contributed by atoms with E-state index in [4.69, 9.17) is 0 Å². The lowest BCUT2D eigenvalue weighted by Gasteiger charge is -2.31. The molecular formula is C13H15N3OS. The standard InChI is InChI=1S/C13H15N3OS/c17-11-2-1-4-16(7-11)13-6-12(14-9-15-13)10-3-5-18-8-10/h3,5-6,8-9,11,17H,1-2,4,7H2. The fraction of sp³-hybridized carbons (Fsp3) is 0.385. The predicted molar refractivity (Wildman–Crippen MR) is 72.8 cm³/mol. The Balaban J connectivity index is 1.86. The maximum absolute atomic E-state index is 9.71. The first-order valence-electron chi connectivity index (χ1n) is 6.10. The van der Waals surface area contributed by atoms with Crippen LogP contribution in [0.25, 0.3) is 11.3 Å². The summed E-state index contributed by atoms with van der Waals surface area (Å²) in [6.45, 7) is 1.62. The van der Waals surface area contributed by atoms with Crippen LogP contribution in [0.5, 0.6) is 0 Å². The summed E-state index contributed by atoms with van der Waals surface area (Å²) in [6, 6.07) is 4.06. The largest absolute Gasteiger partial charge is 0.391 e. The van der Waals surface area contributed by atoms with E-state index in [0.717, 1.165) is 36.5 Å². The number of aliphatic hydroxyl groups is 1. The van der Waals surface area contributed by atoms with Gasteiger partial charge in [0, 0.05) is 30.1 Å². The van der Waals surface area contributed by atoms with Gasteiger partial charge in [-0.3, -0.25) is 0 Å². The van der Waals surface area contributed by atoms with Crippen molar-refractivity contribution in [3.63, 3.8) is 0 Å². The molecule has 0 aromatic carbocycles. The molecule has 0 amide bonds. The molecule has 2 aromatic rings. The quantitative estimate of drug-likeness (QED) is 0.900. The van der Waals surface area contributed by atoms with E-state index in [9.17, 15) is 5.11 Å². The van der Waals surface area contributed by atoms with Crippen molar-refractivity contribution >= 4 is 17.2 Å². The van der Waals surface area contributed by atoms with Crippen LogP contribution in [0.4, 0.5) is 5.82 Å². The van der Waals surface area contributed by atoms with Crippen molar-refractivity contribution in [1.29, 1.82) is 0 Å². The molecule has 1 atom stereocenters. The first-order chi connectivity index (χ1) is 8.83. The Labute approximate surface area is 110 Å².